The minimum absolute atomic E-state index is 0.239. The smallest absolute Gasteiger partial charge is 0.226 e. The molecule has 0 spiro atoms. The van der Waals surface area contributed by atoms with Crippen LogP contribution in [0.2, 0.25) is 0 Å². The van der Waals surface area contributed by atoms with Gasteiger partial charge in [0.05, 0.1) is 26.9 Å². The first kappa shape index (κ1) is 23.1. The van der Waals surface area contributed by atoms with Gasteiger partial charge in [0.2, 0.25) is 5.89 Å². The van der Waals surface area contributed by atoms with Crippen molar-refractivity contribution in [2.75, 3.05) is 27.3 Å². The fourth-order valence-electron chi connectivity index (χ4n) is 3.11. The maximum atomic E-state index is 10.7. The van der Waals surface area contributed by atoms with Crippen molar-refractivity contribution in [3.05, 3.63) is 65.5 Å². The van der Waals surface area contributed by atoms with Crippen LogP contribution in [0.5, 0.6) is 11.5 Å². The fourth-order valence-corrected chi connectivity index (χ4v) is 3.11. The third-order valence-corrected chi connectivity index (χ3v) is 4.85. The van der Waals surface area contributed by atoms with Crippen LogP contribution in [0.1, 0.15) is 29.8 Å². The number of methoxy groups -OCH3 is 2. The quantitative estimate of drug-likeness (QED) is 0.347. The number of hydrogen-bond donors (Lipinski definition) is 3. The Kier molecular flexibility index (Phi) is 8.10. The summed E-state index contributed by atoms with van der Waals surface area (Å²) in [7, 11) is 3.15. The predicted molar refractivity (Wildman–Crippen MR) is 124 cm³/mol. The van der Waals surface area contributed by atoms with Crippen LogP contribution in [-0.4, -0.2) is 43.4 Å². The number of oxazole rings is 1. The summed E-state index contributed by atoms with van der Waals surface area (Å²) in [6.07, 6.45) is 0.794. The SMILES string of the molecule is CCNC(=NCc1coc(-c2ccc(C)cc2)n1)NCC(O)c1cc(OC)ccc1OC. The summed E-state index contributed by atoms with van der Waals surface area (Å²) in [4.78, 5) is 9.07. The van der Waals surface area contributed by atoms with Gasteiger partial charge in [0.1, 0.15) is 23.5 Å². The number of benzene rings is 2. The second kappa shape index (κ2) is 11.2. The standard InChI is InChI=1S/C24H30N4O4/c1-5-25-24(27-14-21(29)20-12-19(30-3)10-11-22(20)31-4)26-13-18-15-32-23(28-18)17-8-6-16(2)7-9-17/h6-12,15,21,29H,5,13-14H2,1-4H3,(H2,25,26,27). The molecule has 0 aliphatic heterocycles. The summed E-state index contributed by atoms with van der Waals surface area (Å²) in [6, 6.07) is 13.3. The van der Waals surface area contributed by atoms with E-state index in [4.69, 9.17) is 13.9 Å². The molecule has 0 aliphatic carbocycles. The molecule has 0 saturated carbocycles. The molecule has 2 aromatic carbocycles. The van der Waals surface area contributed by atoms with E-state index in [0.717, 1.165) is 5.56 Å². The maximum absolute atomic E-state index is 10.7. The van der Waals surface area contributed by atoms with Crippen LogP contribution in [-0.2, 0) is 6.54 Å². The lowest BCUT2D eigenvalue weighted by atomic mass is 10.1. The highest BCUT2D eigenvalue weighted by molar-refractivity contribution is 5.79. The van der Waals surface area contributed by atoms with Crippen LogP contribution in [0, 0.1) is 6.92 Å². The Morgan fingerprint density at radius 3 is 2.59 bits per heavy atom. The van der Waals surface area contributed by atoms with Crippen molar-refractivity contribution in [1.29, 1.82) is 0 Å². The molecule has 8 heteroatoms. The molecule has 1 unspecified atom stereocenters. The van der Waals surface area contributed by atoms with Gasteiger partial charge in [0.25, 0.3) is 0 Å². The van der Waals surface area contributed by atoms with E-state index in [9.17, 15) is 5.11 Å². The molecule has 8 nitrogen and oxygen atoms in total. The number of guanidine groups is 1. The van der Waals surface area contributed by atoms with Crippen LogP contribution in [0.15, 0.2) is 58.1 Å². The first-order chi connectivity index (χ1) is 15.5. The van der Waals surface area contributed by atoms with Gasteiger partial charge in [-0.15, -0.1) is 0 Å². The third kappa shape index (κ3) is 6.01. The van der Waals surface area contributed by atoms with Crippen molar-refractivity contribution in [2.24, 2.45) is 4.99 Å². The highest BCUT2D eigenvalue weighted by Crippen LogP contribution is 2.29. The Balaban J connectivity index is 1.65. The Morgan fingerprint density at radius 2 is 1.91 bits per heavy atom. The number of rotatable bonds is 9. The topological polar surface area (TPSA) is 101 Å². The number of aryl methyl sites for hydroxylation is 1. The number of aliphatic hydroxyl groups is 1. The molecule has 0 amide bonds. The van der Waals surface area contributed by atoms with Gasteiger partial charge < -0.3 is 29.6 Å². The van der Waals surface area contributed by atoms with E-state index < -0.39 is 6.10 Å². The average molecular weight is 439 g/mol. The largest absolute Gasteiger partial charge is 0.497 e. The second-order valence-corrected chi connectivity index (χ2v) is 7.21. The number of aliphatic hydroxyl groups excluding tert-OH is 1. The molecule has 0 fully saturated rings. The van der Waals surface area contributed by atoms with E-state index in [-0.39, 0.29) is 6.54 Å². The Morgan fingerprint density at radius 1 is 1.12 bits per heavy atom. The molecular weight excluding hydrogens is 408 g/mol. The summed E-state index contributed by atoms with van der Waals surface area (Å²) >= 11 is 0. The number of nitrogens with zero attached hydrogens (tertiary/aromatic N) is 2. The minimum Gasteiger partial charge on any atom is -0.497 e. The van der Waals surface area contributed by atoms with Gasteiger partial charge in [-0.25, -0.2) is 9.98 Å². The van der Waals surface area contributed by atoms with E-state index in [0.29, 0.717) is 47.7 Å². The first-order valence-electron chi connectivity index (χ1n) is 10.5. The summed E-state index contributed by atoms with van der Waals surface area (Å²) in [5.74, 6) is 2.37. The summed E-state index contributed by atoms with van der Waals surface area (Å²) in [5, 5.41) is 17.0. The van der Waals surface area contributed by atoms with Gasteiger partial charge in [-0.2, -0.15) is 0 Å². The number of nitrogens with one attached hydrogen (secondary N) is 2. The fraction of sp³-hybridized carbons (Fsp3) is 0.333. The molecule has 0 saturated heterocycles. The molecule has 0 aliphatic rings. The molecule has 170 valence electrons. The van der Waals surface area contributed by atoms with E-state index in [1.54, 1.807) is 38.7 Å². The zero-order valence-corrected chi connectivity index (χ0v) is 18.9. The lowest BCUT2D eigenvalue weighted by Crippen LogP contribution is -2.39. The highest BCUT2D eigenvalue weighted by atomic mass is 16.5. The van der Waals surface area contributed by atoms with Gasteiger partial charge in [0, 0.05) is 24.2 Å². The molecule has 32 heavy (non-hydrogen) atoms. The van der Waals surface area contributed by atoms with Crippen LogP contribution >= 0.6 is 0 Å². The number of aliphatic imine (C=N–C) groups is 1. The van der Waals surface area contributed by atoms with Crippen molar-refractivity contribution < 1.29 is 19.0 Å². The molecule has 1 aromatic heterocycles. The van der Waals surface area contributed by atoms with Gasteiger partial charge in [0.15, 0.2) is 5.96 Å². The monoisotopic (exact) mass is 438 g/mol. The molecule has 3 aromatic rings. The molecule has 0 radical (unpaired) electrons. The van der Waals surface area contributed by atoms with Crippen LogP contribution in [0.3, 0.4) is 0 Å². The number of aromatic nitrogens is 1. The average Bonchev–Trinajstić information content (AvgIpc) is 3.29. The van der Waals surface area contributed by atoms with Gasteiger partial charge in [-0.1, -0.05) is 17.7 Å². The van der Waals surface area contributed by atoms with Gasteiger partial charge in [-0.05, 0) is 44.2 Å². The van der Waals surface area contributed by atoms with Crippen molar-refractivity contribution in [3.63, 3.8) is 0 Å². The summed E-state index contributed by atoms with van der Waals surface area (Å²) < 4.78 is 16.2. The first-order valence-corrected chi connectivity index (χ1v) is 10.5. The Bertz CT molecular complexity index is 1030. The van der Waals surface area contributed by atoms with Crippen molar-refractivity contribution in [2.45, 2.75) is 26.5 Å². The zero-order chi connectivity index (χ0) is 22.9. The van der Waals surface area contributed by atoms with Gasteiger partial charge in [-0.3, -0.25) is 0 Å². The molecule has 3 N–H and O–H groups in total. The molecule has 1 atom stereocenters. The summed E-state index contributed by atoms with van der Waals surface area (Å²) in [6.45, 7) is 5.27. The number of ether oxygens (including phenoxy) is 2. The normalized spacial score (nSPS) is 12.3. The highest BCUT2D eigenvalue weighted by Gasteiger charge is 2.15. The van der Waals surface area contributed by atoms with E-state index in [2.05, 4.69) is 20.6 Å². The zero-order valence-electron chi connectivity index (χ0n) is 18.9. The second-order valence-electron chi connectivity index (χ2n) is 7.21. The van der Waals surface area contributed by atoms with E-state index in [1.165, 1.54) is 5.56 Å². The Hall–Kier alpha value is -3.52. The molecular formula is C24H30N4O4. The third-order valence-electron chi connectivity index (χ3n) is 4.85. The lowest BCUT2D eigenvalue weighted by Gasteiger charge is -2.18. The lowest BCUT2D eigenvalue weighted by molar-refractivity contribution is 0.176. The minimum atomic E-state index is -0.816. The molecule has 0 bridgehead atoms. The van der Waals surface area contributed by atoms with Crippen molar-refractivity contribution in [3.8, 4) is 23.0 Å². The molecule has 3 rings (SSSR count). The van der Waals surface area contributed by atoms with Crippen LogP contribution in [0.4, 0.5) is 0 Å². The van der Waals surface area contributed by atoms with E-state index in [1.807, 2.05) is 38.1 Å². The molecule has 1 heterocycles. The maximum Gasteiger partial charge on any atom is 0.226 e. The van der Waals surface area contributed by atoms with Crippen molar-refractivity contribution >= 4 is 5.96 Å². The summed E-state index contributed by atoms with van der Waals surface area (Å²) in [5.41, 5.74) is 3.45. The number of hydrogen-bond acceptors (Lipinski definition) is 6. The van der Waals surface area contributed by atoms with Crippen LogP contribution in [0.25, 0.3) is 11.5 Å². The predicted octanol–water partition coefficient (Wildman–Crippen LogP) is 3.46. The van der Waals surface area contributed by atoms with Crippen LogP contribution < -0.4 is 20.1 Å². The Labute approximate surface area is 188 Å². The van der Waals surface area contributed by atoms with Crippen molar-refractivity contribution in [1.82, 2.24) is 15.6 Å². The van der Waals surface area contributed by atoms with E-state index >= 15 is 0 Å². The van der Waals surface area contributed by atoms with Gasteiger partial charge >= 0.3 is 0 Å².